The quantitative estimate of drug-likeness (QED) is 0.866. The number of anilines is 2. The molecule has 0 aromatic heterocycles. The van der Waals surface area contributed by atoms with Crippen LogP contribution in [0.25, 0.3) is 0 Å². The second-order valence-corrected chi connectivity index (χ2v) is 7.13. The first kappa shape index (κ1) is 15.8. The van der Waals surface area contributed by atoms with Gasteiger partial charge in [0.15, 0.2) is 0 Å². The van der Waals surface area contributed by atoms with E-state index in [1.54, 1.807) is 12.1 Å². The lowest BCUT2D eigenvalue weighted by Crippen LogP contribution is -2.35. The van der Waals surface area contributed by atoms with Crippen LogP contribution in [0.1, 0.15) is 47.0 Å². The van der Waals surface area contributed by atoms with Crippen molar-refractivity contribution < 1.29 is 9.18 Å². The molecule has 1 amide bonds. The third kappa shape index (κ3) is 4.45. The number of halogens is 1. The highest BCUT2D eigenvalue weighted by atomic mass is 19.1. The molecule has 0 heterocycles. The smallest absolute Gasteiger partial charge is 0.221 e. The van der Waals surface area contributed by atoms with E-state index in [1.165, 1.54) is 19.4 Å². The average Bonchev–Trinajstić information content (AvgIpc) is 2.30. The van der Waals surface area contributed by atoms with Crippen molar-refractivity contribution in [1.29, 1.82) is 0 Å². The highest BCUT2D eigenvalue weighted by molar-refractivity contribution is 5.89. The predicted octanol–water partition coefficient (Wildman–Crippen LogP) is 4.41. The van der Waals surface area contributed by atoms with Gasteiger partial charge in [0.05, 0.1) is 5.69 Å². The summed E-state index contributed by atoms with van der Waals surface area (Å²) in [5.74, 6) is 0.202. The van der Waals surface area contributed by atoms with E-state index >= 15 is 0 Å². The summed E-state index contributed by atoms with van der Waals surface area (Å²) < 4.78 is 14.0. The Hall–Kier alpha value is -1.58. The van der Waals surface area contributed by atoms with Crippen LogP contribution < -0.4 is 10.6 Å². The number of hydrogen-bond donors (Lipinski definition) is 2. The molecule has 0 radical (unpaired) electrons. The molecule has 116 valence electrons. The van der Waals surface area contributed by atoms with Gasteiger partial charge in [0.2, 0.25) is 5.91 Å². The van der Waals surface area contributed by atoms with E-state index < -0.39 is 0 Å². The van der Waals surface area contributed by atoms with Gasteiger partial charge in [0.1, 0.15) is 5.82 Å². The van der Waals surface area contributed by atoms with Crippen molar-refractivity contribution in [3.63, 3.8) is 0 Å². The summed E-state index contributed by atoms with van der Waals surface area (Å²) in [6.45, 7) is 8.23. The molecule has 2 unspecified atom stereocenters. The fraction of sp³-hybridized carbons (Fsp3) is 0.588. The molecule has 1 aliphatic rings. The highest BCUT2D eigenvalue weighted by Crippen LogP contribution is 2.39. The molecule has 1 fully saturated rings. The Kier molecular flexibility index (Phi) is 4.55. The molecule has 3 nitrogen and oxygen atoms in total. The third-order valence-electron chi connectivity index (χ3n) is 4.03. The van der Waals surface area contributed by atoms with Crippen molar-refractivity contribution in [3.05, 3.63) is 24.0 Å². The van der Waals surface area contributed by atoms with Crippen LogP contribution in [0.3, 0.4) is 0 Å². The second-order valence-electron chi connectivity index (χ2n) is 7.13. The number of nitrogens with one attached hydrogen (secondary N) is 2. The fourth-order valence-electron chi connectivity index (χ4n) is 3.59. The van der Waals surface area contributed by atoms with Crippen LogP contribution >= 0.6 is 0 Å². The van der Waals surface area contributed by atoms with E-state index in [4.69, 9.17) is 0 Å². The molecule has 21 heavy (non-hydrogen) atoms. The van der Waals surface area contributed by atoms with Crippen LogP contribution in [0.15, 0.2) is 18.2 Å². The molecule has 0 saturated heterocycles. The van der Waals surface area contributed by atoms with E-state index in [9.17, 15) is 9.18 Å². The zero-order valence-electron chi connectivity index (χ0n) is 13.3. The van der Waals surface area contributed by atoms with Crippen LogP contribution in [0.5, 0.6) is 0 Å². The monoisotopic (exact) mass is 292 g/mol. The first-order chi connectivity index (χ1) is 9.75. The molecule has 4 heteroatoms. The maximum atomic E-state index is 14.0. The molecule has 0 bridgehead atoms. The van der Waals surface area contributed by atoms with Crippen LogP contribution in [0.4, 0.5) is 15.8 Å². The minimum atomic E-state index is -0.278. The third-order valence-corrected chi connectivity index (χ3v) is 4.03. The lowest BCUT2D eigenvalue weighted by atomic mass is 9.70. The van der Waals surface area contributed by atoms with E-state index in [-0.39, 0.29) is 23.2 Å². The Labute approximate surface area is 126 Å². The van der Waals surface area contributed by atoms with Gasteiger partial charge < -0.3 is 10.6 Å². The minimum absolute atomic E-state index is 0.153. The van der Waals surface area contributed by atoms with Crippen molar-refractivity contribution in [2.24, 2.45) is 11.3 Å². The Morgan fingerprint density at radius 3 is 2.67 bits per heavy atom. The SMILES string of the molecule is CC(=O)Nc1ccc(F)c(NC2CC(C)CC(C)(C)C2)c1. The Bertz CT molecular complexity index is 528. The van der Waals surface area contributed by atoms with E-state index in [0.717, 1.165) is 12.8 Å². The number of carbonyl (C=O) groups is 1. The molecule has 0 aliphatic heterocycles. The van der Waals surface area contributed by atoms with Crippen molar-refractivity contribution in [1.82, 2.24) is 0 Å². The summed E-state index contributed by atoms with van der Waals surface area (Å²) in [7, 11) is 0. The van der Waals surface area contributed by atoms with Crippen molar-refractivity contribution in [2.45, 2.75) is 53.0 Å². The van der Waals surface area contributed by atoms with Crippen LogP contribution in [0.2, 0.25) is 0 Å². The van der Waals surface area contributed by atoms with Gasteiger partial charge in [-0.25, -0.2) is 4.39 Å². The Morgan fingerprint density at radius 2 is 2.05 bits per heavy atom. The van der Waals surface area contributed by atoms with Gasteiger partial charge in [-0.2, -0.15) is 0 Å². The molecular formula is C17H25FN2O. The average molecular weight is 292 g/mol. The van der Waals surface area contributed by atoms with Gasteiger partial charge in [-0.3, -0.25) is 4.79 Å². The largest absolute Gasteiger partial charge is 0.380 e. The topological polar surface area (TPSA) is 41.1 Å². The Balaban J connectivity index is 2.13. The lowest BCUT2D eigenvalue weighted by molar-refractivity contribution is -0.114. The second kappa shape index (κ2) is 6.04. The molecular weight excluding hydrogens is 267 g/mol. The zero-order valence-corrected chi connectivity index (χ0v) is 13.3. The van der Waals surface area contributed by atoms with Crippen molar-refractivity contribution in [3.8, 4) is 0 Å². The molecule has 2 atom stereocenters. The first-order valence-electron chi connectivity index (χ1n) is 7.59. The summed E-state index contributed by atoms with van der Waals surface area (Å²) in [6.07, 6.45) is 3.29. The molecule has 2 N–H and O–H groups in total. The summed E-state index contributed by atoms with van der Waals surface area (Å²) in [4.78, 5) is 11.1. The summed E-state index contributed by atoms with van der Waals surface area (Å²) >= 11 is 0. The number of benzene rings is 1. The van der Waals surface area contributed by atoms with Gasteiger partial charge in [0.25, 0.3) is 0 Å². The lowest BCUT2D eigenvalue weighted by Gasteiger charge is -2.39. The van der Waals surface area contributed by atoms with E-state index in [2.05, 4.69) is 31.4 Å². The standard InChI is InChI=1S/C17H25FN2O/c1-11-7-14(10-17(3,4)9-11)20-16-8-13(19-12(2)21)5-6-15(16)18/h5-6,8,11,14,20H,7,9-10H2,1-4H3,(H,19,21). The molecule has 1 saturated carbocycles. The molecule has 0 spiro atoms. The number of hydrogen-bond acceptors (Lipinski definition) is 2. The summed E-state index contributed by atoms with van der Waals surface area (Å²) in [5.41, 5.74) is 1.37. The predicted molar refractivity (Wildman–Crippen MR) is 84.9 cm³/mol. The maximum absolute atomic E-state index is 14.0. The van der Waals surface area contributed by atoms with Crippen molar-refractivity contribution >= 4 is 17.3 Å². The number of rotatable bonds is 3. The van der Waals surface area contributed by atoms with Gasteiger partial charge >= 0.3 is 0 Å². The van der Waals surface area contributed by atoms with E-state index in [1.807, 2.05) is 0 Å². The normalized spacial score (nSPS) is 24.4. The van der Waals surface area contributed by atoms with Crippen LogP contribution in [-0.2, 0) is 4.79 Å². The van der Waals surface area contributed by atoms with Gasteiger partial charge in [0, 0.05) is 18.7 Å². The van der Waals surface area contributed by atoms with Gasteiger partial charge in [-0.05, 0) is 48.8 Å². The van der Waals surface area contributed by atoms with E-state index in [0.29, 0.717) is 17.3 Å². The van der Waals surface area contributed by atoms with Crippen LogP contribution in [-0.4, -0.2) is 11.9 Å². The molecule has 2 rings (SSSR count). The first-order valence-corrected chi connectivity index (χ1v) is 7.59. The number of carbonyl (C=O) groups excluding carboxylic acids is 1. The van der Waals surface area contributed by atoms with Crippen molar-refractivity contribution in [2.75, 3.05) is 10.6 Å². The zero-order chi connectivity index (χ0) is 15.6. The van der Waals surface area contributed by atoms with Gasteiger partial charge in [-0.15, -0.1) is 0 Å². The Morgan fingerprint density at radius 1 is 1.33 bits per heavy atom. The molecule has 1 aromatic carbocycles. The minimum Gasteiger partial charge on any atom is -0.380 e. The molecule has 1 aromatic rings. The summed E-state index contributed by atoms with van der Waals surface area (Å²) in [6, 6.07) is 4.91. The fourth-order valence-corrected chi connectivity index (χ4v) is 3.59. The number of amides is 1. The van der Waals surface area contributed by atoms with Crippen LogP contribution in [0, 0.1) is 17.2 Å². The van der Waals surface area contributed by atoms with Gasteiger partial charge in [-0.1, -0.05) is 20.8 Å². The highest BCUT2D eigenvalue weighted by Gasteiger charge is 2.32. The summed E-state index contributed by atoms with van der Waals surface area (Å²) in [5, 5.41) is 6.01. The maximum Gasteiger partial charge on any atom is 0.221 e. The molecule has 1 aliphatic carbocycles.